The molecule has 0 aliphatic carbocycles. The highest BCUT2D eigenvalue weighted by atomic mass is 35.5. The zero-order valence-electron chi connectivity index (χ0n) is 13.8. The largest absolute Gasteiger partial charge is 0.323 e. The normalized spacial score (nSPS) is 13.5. The third-order valence-electron chi connectivity index (χ3n) is 4.02. The summed E-state index contributed by atoms with van der Waals surface area (Å²) < 4.78 is 24.9. The van der Waals surface area contributed by atoms with Gasteiger partial charge in [-0.3, -0.25) is 4.31 Å². The number of carbonyl (C=O) groups excluding carboxylic acids is 1. The summed E-state index contributed by atoms with van der Waals surface area (Å²) >= 11 is 6.05. The van der Waals surface area contributed by atoms with Crippen molar-refractivity contribution in [2.45, 2.75) is 13.3 Å². The summed E-state index contributed by atoms with van der Waals surface area (Å²) in [6, 6.07) is 10.1. The molecular formula is C17H18ClN3O3S. The number of anilines is 3. The van der Waals surface area contributed by atoms with E-state index in [4.69, 9.17) is 11.6 Å². The summed E-state index contributed by atoms with van der Waals surface area (Å²) in [6.45, 7) is 2.31. The van der Waals surface area contributed by atoms with E-state index in [1.165, 1.54) is 10.6 Å². The quantitative estimate of drug-likeness (QED) is 0.854. The Morgan fingerprint density at radius 3 is 2.40 bits per heavy atom. The molecule has 0 atom stereocenters. The SMILES string of the molecule is Cc1ccc(NC(=O)Nc2ccc3c(c2)CCN3S(C)(=O)=O)cc1Cl. The van der Waals surface area contributed by atoms with Crippen LogP contribution in [-0.2, 0) is 16.4 Å². The van der Waals surface area contributed by atoms with Gasteiger partial charge in [0.1, 0.15) is 0 Å². The number of hydrogen-bond donors (Lipinski definition) is 2. The van der Waals surface area contributed by atoms with Crippen LogP contribution in [0.15, 0.2) is 36.4 Å². The van der Waals surface area contributed by atoms with Gasteiger partial charge in [-0.05, 0) is 54.8 Å². The number of fused-ring (bicyclic) bond motifs is 1. The number of halogens is 1. The summed E-state index contributed by atoms with van der Waals surface area (Å²) in [5.74, 6) is 0. The van der Waals surface area contributed by atoms with Gasteiger partial charge in [0.2, 0.25) is 10.0 Å². The van der Waals surface area contributed by atoms with Crippen molar-refractivity contribution in [1.29, 1.82) is 0 Å². The molecule has 6 nitrogen and oxygen atoms in total. The summed E-state index contributed by atoms with van der Waals surface area (Å²) in [6.07, 6.45) is 1.81. The predicted octanol–water partition coefficient (Wildman–Crippen LogP) is 3.61. The second kappa shape index (κ2) is 6.57. The maximum absolute atomic E-state index is 12.1. The van der Waals surface area contributed by atoms with Crippen molar-refractivity contribution in [1.82, 2.24) is 0 Å². The number of amides is 2. The highest BCUT2D eigenvalue weighted by molar-refractivity contribution is 7.92. The van der Waals surface area contributed by atoms with E-state index in [2.05, 4.69) is 10.6 Å². The van der Waals surface area contributed by atoms with Crippen molar-refractivity contribution >= 4 is 44.7 Å². The molecule has 3 rings (SSSR count). The van der Waals surface area contributed by atoms with Gasteiger partial charge in [-0.1, -0.05) is 17.7 Å². The molecule has 0 radical (unpaired) electrons. The number of carbonyl (C=O) groups is 1. The summed E-state index contributed by atoms with van der Waals surface area (Å²) in [5, 5.41) is 6.04. The lowest BCUT2D eigenvalue weighted by Crippen LogP contribution is -2.27. The highest BCUT2D eigenvalue weighted by Crippen LogP contribution is 2.32. The van der Waals surface area contributed by atoms with Crippen LogP contribution in [-0.4, -0.2) is 27.2 Å². The van der Waals surface area contributed by atoms with E-state index >= 15 is 0 Å². The molecule has 0 spiro atoms. The Balaban J connectivity index is 1.71. The van der Waals surface area contributed by atoms with E-state index in [0.717, 1.165) is 11.1 Å². The molecule has 25 heavy (non-hydrogen) atoms. The topological polar surface area (TPSA) is 78.5 Å². The number of aryl methyl sites for hydroxylation is 1. The average molecular weight is 380 g/mol. The van der Waals surface area contributed by atoms with Crippen LogP contribution < -0.4 is 14.9 Å². The van der Waals surface area contributed by atoms with Gasteiger partial charge in [0.05, 0.1) is 11.9 Å². The summed E-state index contributed by atoms with van der Waals surface area (Å²) in [4.78, 5) is 12.1. The Hall–Kier alpha value is -2.25. The third kappa shape index (κ3) is 3.88. The molecule has 8 heteroatoms. The number of benzene rings is 2. The lowest BCUT2D eigenvalue weighted by Gasteiger charge is -2.16. The Morgan fingerprint density at radius 2 is 1.76 bits per heavy atom. The smallest absolute Gasteiger partial charge is 0.308 e. The molecule has 0 saturated carbocycles. The van der Waals surface area contributed by atoms with Gasteiger partial charge in [0, 0.05) is 22.9 Å². The number of nitrogens with one attached hydrogen (secondary N) is 2. The molecule has 0 fully saturated rings. The lowest BCUT2D eigenvalue weighted by atomic mass is 10.1. The molecule has 1 aliphatic heterocycles. The van der Waals surface area contributed by atoms with Gasteiger partial charge >= 0.3 is 6.03 Å². The van der Waals surface area contributed by atoms with Gasteiger partial charge in [-0.2, -0.15) is 0 Å². The van der Waals surface area contributed by atoms with E-state index in [1.807, 2.05) is 13.0 Å². The van der Waals surface area contributed by atoms with Crippen LogP contribution in [0.25, 0.3) is 0 Å². The number of nitrogens with zero attached hydrogens (tertiary/aromatic N) is 1. The summed E-state index contributed by atoms with van der Waals surface area (Å²) in [5.41, 5.74) is 3.68. The molecule has 2 N–H and O–H groups in total. The zero-order valence-corrected chi connectivity index (χ0v) is 15.4. The van der Waals surface area contributed by atoms with E-state index in [0.29, 0.717) is 35.1 Å². The number of sulfonamides is 1. The average Bonchev–Trinajstić information content (AvgIpc) is 2.94. The fourth-order valence-corrected chi connectivity index (χ4v) is 3.90. The minimum atomic E-state index is -3.28. The molecule has 0 unspecified atom stereocenters. The van der Waals surface area contributed by atoms with Crippen LogP contribution in [0.1, 0.15) is 11.1 Å². The molecule has 132 valence electrons. The van der Waals surface area contributed by atoms with Crippen LogP contribution in [0.2, 0.25) is 5.02 Å². The molecule has 0 saturated heterocycles. The molecule has 1 aliphatic rings. The van der Waals surface area contributed by atoms with Crippen molar-refractivity contribution in [3.8, 4) is 0 Å². The van der Waals surface area contributed by atoms with Crippen molar-refractivity contribution in [3.05, 3.63) is 52.5 Å². The first kappa shape index (κ1) is 17.6. The van der Waals surface area contributed by atoms with Gasteiger partial charge in [0.15, 0.2) is 0 Å². The molecular weight excluding hydrogens is 362 g/mol. The van der Waals surface area contributed by atoms with E-state index in [1.54, 1.807) is 30.3 Å². The summed E-state index contributed by atoms with van der Waals surface area (Å²) in [7, 11) is -3.28. The zero-order chi connectivity index (χ0) is 18.2. The second-order valence-corrected chi connectivity index (χ2v) is 8.29. The number of urea groups is 1. The van der Waals surface area contributed by atoms with Crippen LogP contribution in [0.5, 0.6) is 0 Å². The maximum atomic E-state index is 12.1. The maximum Gasteiger partial charge on any atom is 0.323 e. The lowest BCUT2D eigenvalue weighted by molar-refractivity contribution is 0.262. The van der Waals surface area contributed by atoms with Gasteiger partial charge in [-0.15, -0.1) is 0 Å². The third-order valence-corrected chi connectivity index (χ3v) is 5.61. The second-order valence-electron chi connectivity index (χ2n) is 5.97. The number of rotatable bonds is 3. The Labute approximate surface area is 151 Å². The molecule has 1 heterocycles. The van der Waals surface area contributed by atoms with Crippen LogP contribution >= 0.6 is 11.6 Å². The van der Waals surface area contributed by atoms with Crippen LogP contribution in [0.4, 0.5) is 21.9 Å². The first-order chi connectivity index (χ1) is 11.7. The molecule has 2 aromatic carbocycles. The monoisotopic (exact) mass is 379 g/mol. The predicted molar refractivity (Wildman–Crippen MR) is 101 cm³/mol. The fourth-order valence-electron chi connectivity index (χ4n) is 2.76. The van der Waals surface area contributed by atoms with Crippen molar-refractivity contribution in [2.75, 3.05) is 27.7 Å². The molecule has 2 aromatic rings. The Kier molecular flexibility index (Phi) is 4.62. The molecule has 0 aromatic heterocycles. The van der Waals surface area contributed by atoms with Gasteiger partial charge in [-0.25, -0.2) is 13.2 Å². The van der Waals surface area contributed by atoms with Crippen molar-refractivity contribution in [3.63, 3.8) is 0 Å². The standard InChI is InChI=1S/C17H18ClN3O3S/c1-11-3-4-14(10-15(11)18)20-17(22)19-13-5-6-16-12(9-13)7-8-21(16)25(2,23)24/h3-6,9-10H,7-8H2,1-2H3,(H2,19,20,22). The first-order valence-electron chi connectivity index (χ1n) is 7.69. The minimum absolute atomic E-state index is 0.391. The highest BCUT2D eigenvalue weighted by Gasteiger charge is 2.26. The Morgan fingerprint density at radius 1 is 1.12 bits per heavy atom. The van der Waals surface area contributed by atoms with E-state index in [9.17, 15) is 13.2 Å². The van der Waals surface area contributed by atoms with Crippen LogP contribution in [0, 0.1) is 6.92 Å². The van der Waals surface area contributed by atoms with Crippen molar-refractivity contribution < 1.29 is 13.2 Å². The van der Waals surface area contributed by atoms with E-state index in [-0.39, 0.29) is 0 Å². The number of hydrogen-bond acceptors (Lipinski definition) is 3. The first-order valence-corrected chi connectivity index (χ1v) is 9.91. The van der Waals surface area contributed by atoms with Gasteiger partial charge < -0.3 is 10.6 Å². The molecule has 2 amide bonds. The van der Waals surface area contributed by atoms with Gasteiger partial charge in [0.25, 0.3) is 0 Å². The molecule has 0 bridgehead atoms. The van der Waals surface area contributed by atoms with Crippen molar-refractivity contribution in [2.24, 2.45) is 0 Å². The Bertz CT molecular complexity index is 944. The minimum Gasteiger partial charge on any atom is -0.308 e. The fraction of sp³-hybridized carbons (Fsp3) is 0.235. The van der Waals surface area contributed by atoms with E-state index < -0.39 is 16.1 Å². The van der Waals surface area contributed by atoms with Crippen LogP contribution in [0.3, 0.4) is 0 Å².